The first-order chi connectivity index (χ1) is 34.3. The number of hydrogen-bond acceptors (Lipinski definition) is 7. The molecule has 370 valence electrons. The van der Waals surface area contributed by atoms with Crippen LogP contribution in [0.4, 0.5) is 0 Å². The van der Waals surface area contributed by atoms with Gasteiger partial charge in [0.25, 0.3) is 25.0 Å². The standard InChI is InChI=1S/C57H72O7Si7/c1-9-65(5)61-66(6,49-31-46-58-69(10-2,52-34-19-13-20-35-52)53-36-21-14-22-37-53)63-68(8,51-33-48-60-71(12-4,56-42-27-17-28-43-56)57-44-29-18-30-45-57)64-67(7,62-65)50-32-47-59-70(11-3,54-38-23-15-24-39-54)55-40-25-16-26-41-55/h9-30,34-45H,1-4,31-33,46-51H2,5-8H3. The van der Waals surface area contributed by atoms with Crippen LogP contribution >= 0.6 is 0 Å². The van der Waals surface area contributed by atoms with Gasteiger partial charge in [0.05, 0.1) is 0 Å². The lowest BCUT2D eigenvalue weighted by molar-refractivity contribution is 0.219. The van der Waals surface area contributed by atoms with Gasteiger partial charge in [0.2, 0.25) is 0 Å². The van der Waals surface area contributed by atoms with E-state index in [9.17, 15) is 0 Å². The summed E-state index contributed by atoms with van der Waals surface area (Å²) < 4.78 is 51.3. The highest BCUT2D eigenvalue weighted by Gasteiger charge is 2.56. The molecule has 71 heavy (non-hydrogen) atoms. The van der Waals surface area contributed by atoms with Crippen molar-refractivity contribution in [1.82, 2.24) is 0 Å². The minimum absolute atomic E-state index is 0.511. The van der Waals surface area contributed by atoms with Gasteiger partial charge in [-0.15, -0.1) is 26.3 Å². The van der Waals surface area contributed by atoms with Crippen LogP contribution in [0.15, 0.2) is 231 Å². The van der Waals surface area contributed by atoms with Crippen LogP contribution in [0.2, 0.25) is 44.3 Å². The maximum Gasteiger partial charge on any atom is 0.343 e. The number of rotatable bonds is 25. The first kappa shape index (κ1) is 54.3. The van der Waals surface area contributed by atoms with Crippen molar-refractivity contribution in [2.75, 3.05) is 19.8 Å². The van der Waals surface area contributed by atoms with E-state index in [2.05, 4.69) is 204 Å². The summed E-state index contributed by atoms with van der Waals surface area (Å²) in [6, 6.07) is 65.2. The van der Waals surface area contributed by atoms with E-state index in [4.69, 9.17) is 29.7 Å². The van der Waals surface area contributed by atoms with Gasteiger partial charge in [0.15, 0.2) is 0 Å². The average molecular weight is 1070 g/mol. The molecule has 1 saturated heterocycles. The molecule has 0 saturated carbocycles. The molecule has 1 heterocycles. The highest BCUT2D eigenvalue weighted by molar-refractivity contribution is 7.02. The van der Waals surface area contributed by atoms with Crippen molar-refractivity contribution in [2.24, 2.45) is 0 Å². The van der Waals surface area contributed by atoms with Crippen LogP contribution in [0.5, 0.6) is 0 Å². The molecule has 2 unspecified atom stereocenters. The predicted molar refractivity (Wildman–Crippen MR) is 311 cm³/mol. The van der Waals surface area contributed by atoms with Crippen molar-refractivity contribution in [2.45, 2.75) is 63.6 Å². The molecule has 0 bridgehead atoms. The van der Waals surface area contributed by atoms with Crippen molar-refractivity contribution >= 4 is 90.3 Å². The Morgan fingerprint density at radius 3 is 0.761 bits per heavy atom. The first-order valence-electron chi connectivity index (χ1n) is 24.9. The molecule has 6 aromatic carbocycles. The fourth-order valence-electron chi connectivity index (χ4n) is 10.1. The zero-order valence-electron chi connectivity index (χ0n) is 42.2. The van der Waals surface area contributed by atoms with Crippen LogP contribution in [-0.2, 0) is 29.7 Å². The quantitative estimate of drug-likeness (QED) is 0.0418. The van der Waals surface area contributed by atoms with Gasteiger partial charge < -0.3 is 29.7 Å². The summed E-state index contributed by atoms with van der Waals surface area (Å²) in [7, 11) is -20.5. The third-order valence-corrected chi connectivity index (χ3v) is 42.4. The summed E-state index contributed by atoms with van der Waals surface area (Å²) in [4.78, 5) is 0. The van der Waals surface area contributed by atoms with Crippen molar-refractivity contribution in [3.05, 3.63) is 231 Å². The molecule has 0 aliphatic carbocycles. The van der Waals surface area contributed by atoms with E-state index in [-0.39, 0.29) is 0 Å². The molecule has 7 nitrogen and oxygen atoms in total. The molecule has 0 amide bonds. The van der Waals surface area contributed by atoms with Gasteiger partial charge >= 0.3 is 34.2 Å². The summed E-state index contributed by atoms with van der Waals surface area (Å²) >= 11 is 0. The number of hydrogen-bond donors (Lipinski definition) is 0. The van der Waals surface area contributed by atoms with Gasteiger partial charge in [-0.3, -0.25) is 0 Å². The van der Waals surface area contributed by atoms with Gasteiger partial charge in [-0.25, -0.2) is 0 Å². The second kappa shape index (κ2) is 24.5. The lowest BCUT2D eigenvalue weighted by Gasteiger charge is -2.49. The molecule has 0 N–H and O–H groups in total. The number of benzene rings is 6. The normalized spacial score (nSPS) is 21.9. The van der Waals surface area contributed by atoms with Gasteiger partial charge in [-0.2, -0.15) is 0 Å². The summed E-state index contributed by atoms with van der Waals surface area (Å²) in [5.41, 5.74) is 8.07. The Morgan fingerprint density at radius 1 is 0.352 bits per heavy atom. The Kier molecular flexibility index (Phi) is 18.7. The molecule has 1 aliphatic rings. The minimum Gasteiger partial charge on any atom is -0.416 e. The van der Waals surface area contributed by atoms with Gasteiger partial charge in [0.1, 0.15) is 0 Å². The molecule has 2 atom stereocenters. The molecule has 6 aromatic rings. The highest BCUT2D eigenvalue weighted by atomic mass is 28.5. The lowest BCUT2D eigenvalue weighted by atomic mass is 10.4. The van der Waals surface area contributed by atoms with E-state index in [1.807, 2.05) is 53.5 Å². The Bertz CT molecular complexity index is 2380. The molecule has 7 rings (SSSR count). The van der Waals surface area contributed by atoms with Crippen LogP contribution in [0.25, 0.3) is 0 Å². The zero-order valence-corrected chi connectivity index (χ0v) is 49.2. The molecule has 1 aliphatic heterocycles. The van der Waals surface area contributed by atoms with Gasteiger partial charge in [-0.1, -0.05) is 205 Å². The van der Waals surface area contributed by atoms with E-state index in [1.54, 1.807) is 0 Å². The topological polar surface area (TPSA) is 64.6 Å². The fraction of sp³-hybridized carbons (Fsp3) is 0.228. The van der Waals surface area contributed by atoms with E-state index >= 15 is 0 Å². The Hall–Kier alpha value is -4.48. The molecule has 0 spiro atoms. The van der Waals surface area contributed by atoms with Crippen molar-refractivity contribution in [3.63, 3.8) is 0 Å². The maximum atomic E-state index is 7.62. The van der Waals surface area contributed by atoms with E-state index in [0.717, 1.165) is 50.4 Å². The third-order valence-electron chi connectivity index (χ3n) is 13.5. The molecule has 14 heteroatoms. The maximum absolute atomic E-state index is 7.62. The van der Waals surface area contributed by atoms with Gasteiger partial charge in [0, 0.05) is 19.8 Å². The van der Waals surface area contributed by atoms with Crippen LogP contribution in [0, 0.1) is 0 Å². The van der Waals surface area contributed by atoms with Crippen molar-refractivity contribution in [3.8, 4) is 0 Å². The Morgan fingerprint density at radius 2 is 0.563 bits per heavy atom. The Balaban J connectivity index is 1.14. The zero-order chi connectivity index (χ0) is 50.3. The molecular formula is C57H72O7Si7. The monoisotopic (exact) mass is 1060 g/mol. The van der Waals surface area contributed by atoms with Crippen LogP contribution in [0.1, 0.15) is 19.3 Å². The summed E-state index contributed by atoms with van der Waals surface area (Å²) in [6.45, 7) is 27.6. The van der Waals surface area contributed by atoms with Crippen molar-refractivity contribution in [1.29, 1.82) is 0 Å². The second-order valence-electron chi connectivity index (χ2n) is 18.9. The van der Waals surface area contributed by atoms with E-state index in [1.165, 1.54) is 0 Å². The highest BCUT2D eigenvalue weighted by Crippen LogP contribution is 2.38. The Labute approximate surface area is 431 Å². The summed E-state index contributed by atoms with van der Waals surface area (Å²) in [6.07, 6.45) is 2.18. The average Bonchev–Trinajstić information content (AvgIpc) is 3.40. The second-order valence-corrected chi connectivity index (χ2v) is 42.9. The van der Waals surface area contributed by atoms with E-state index in [0.29, 0.717) is 38.0 Å². The smallest absolute Gasteiger partial charge is 0.343 e. The SMILES string of the molecule is C=C[Si]1(C)O[Si](C)(CCCO[Si](C=C)(c2ccccc2)c2ccccc2)O[Si](C)(CCCO[Si](C=C)(c2ccccc2)c2ccccc2)O[Si](C)(CCCO[Si](C=C)(c2ccccc2)c2ccccc2)O1. The first-order valence-corrected chi connectivity index (χ1v) is 40.8. The lowest BCUT2D eigenvalue weighted by Crippen LogP contribution is -2.67. The largest absolute Gasteiger partial charge is 0.416 e. The fourth-order valence-corrected chi connectivity index (χ4v) is 41.2. The molecule has 1 fully saturated rings. The van der Waals surface area contributed by atoms with Crippen LogP contribution < -0.4 is 31.1 Å². The molecule has 0 radical (unpaired) electrons. The van der Waals surface area contributed by atoms with Crippen LogP contribution in [-0.4, -0.2) is 79.0 Å². The van der Waals surface area contributed by atoms with Crippen LogP contribution in [0.3, 0.4) is 0 Å². The minimum atomic E-state index is -3.07. The third kappa shape index (κ3) is 13.0. The summed E-state index contributed by atoms with van der Waals surface area (Å²) in [5.74, 6) is 0. The van der Waals surface area contributed by atoms with E-state index < -0.39 is 59.2 Å². The van der Waals surface area contributed by atoms with Crippen molar-refractivity contribution < 1.29 is 29.7 Å². The van der Waals surface area contributed by atoms with Gasteiger partial charge in [-0.05, 0) is 94.7 Å². The molecular weight excluding hydrogens is 993 g/mol. The summed E-state index contributed by atoms with van der Waals surface area (Å²) in [5, 5.41) is 6.97. The molecule has 0 aromatic heterocycles. The predicted octanol–water partition coefficient (Wildman–Crippen LogP) is 9.76.